The smallest absolute Gasteiger partial charge is 0.119 e. The van der Waals surface area contributed by atoms with E-state index in [2.05, 4.69) is 6.58 Å². The molecular formula is C21H41NO. The minimum atomic E-state index is 0.753. The maximum atomic E-state index is 10.2. The average molecular weight is 324 g/mol. The lowest BCUT2D eigenvalue weighted by atomic mass is 10.0. The van der Waals surface area contributed by atoms with Crippen LogP contribution in [0, 0.1) is 0 Å². The highest BCUT2D eigenvalue weighted by Gasteiger charge is 1.95. The molecule has 0 heterocycles. The zero-order valence-electron chi connectivity index (χ0n) is 15.5. The molecule has 136 valence electrons. The second kappa shape index (κ2) is 19.3. The lowest BCUT2D eigenvalue weighted by Crippen LogP contribution is -1.93. The second-order valence-corrected chi connectivity index (χ2v) is 7.02. The number of hydrogen-bond acceptors (Lipinski definition) is 2. The second-order valence-electron chi connectivity index (χ2n) is 7.02. The van der Waals surface area contributed by atoms with E-state index in [9.17, 15) is 4.79 Å². The lowest BCUT2D eigenvalue weighted by Gasteiger charge is -2.03. The predicted octanol–water partition coefficient (Wildman–Crippen LogP) is 6.68. The summed E-state index contributed by atoms with van der Waals surface area (Å²) in [7, 11) is 0. The van der Waals surface area contributed by atoms with Crippen LogP contribution in [0.15, 0.2) is 12.3 Å². The van der Waals surface area contributed by atoms with Crippen LogP contribution in [-0.4, -0.2) is 6.29 Å². The molecular weight excluding hydrogens is 282 g/mol. The Balaban J connectivity index is 2.97. The van der Waals surface area contributed by atoms with E-state index < -0.39 is 0 Å². The molecule has 0 saturated carbocycles. The molecule has 0 aliphatic heterocycles. The van der Waals surface area contributed by atoms with Crippen molar-refractivity contribution in [3.8, 4) is 0 Å². The first-order valence-electron chi connectivity index (χ1n) is 10.1. The van der Waals surface area contributed by atoms with Gasteiger partial charge in [0.25, 0.3) is 0 Å². The fourth-order valence-electron chi connectivity index (χ4n) is 3.05. The van der Waals surface area contributed by atoms with E-state index in [1.807, 2.05) is 0 Å². The molecule has 0 unspecified atom stereocenters. The van der Waals surface area contributed by atoms with Crippen molar-refractivity contribution in [3.63, 3.8) is 0 Å². The van der Waals surface area contributed by atoms with Crippen molar-refractivity contribution in [1.82, 2.24) is 0 Å². The fourth-order valence-corrected chi connectivity index (χ4v) is 3.05. The van der Waals surface area contributed by atoms with Crippen LogP contribution in [0.4, 0.5) is 0 Å². The maximum absolute atomic E-state index is 10.2. The van der Waals surface area contributed by atoms with Crippen LogP contribution < -0.4 is 5.73 Å². The van der Waals surface area contributed by atoms with Crippen molar-refractivity contribution >= 4 is 6.29 Å². The first-order valence-corrected chi connectivity index (χ1v) is 10.1. The third kappa shape index (κ3) is 21.2. The summed E-state index contributed by atoms with van der Waals surface area (Å²) in [6.07, 6.45) is 24.4. The lowest BCUT2D eigenvalue weighted by molar-refractivity contribution is -0.107. The van der Waals surface area contributed by atoms with Crippen LogP contribution in [0.2, 0.25) is 0 Å². The molecule has 0 radical (unpaired) electrons. The molecule has 0 atom stereocenters. The summed E-state index contributed by atoms with van der Waals surface area (Å²) in [4.78, 5) is 10.2. The highest BCUT2D eigenvalue weighted by atomic mass is 16.1. The number of aldehydes is 1. The molecule has 0 aromatic rings. The molecule has 23 heavy (non-hydrogen) atoms. The molecule has 2 N–H and O–H groups in total. The standard InChI is InChI=1S/C21H41NO/c1-21(22)19-17-15-13-11-9-7-5-3-2-4-6-8-10-12-14-16-18-20-23/h20H,1-19,22H2. The van der Waals surface area contributed by atoms with Crippen LogP contribution in [0.1, 0.15) is 116 Å². The van der Waals surface area contributed by atoms with Crippen molar-refractivity contribution in [2.24, 2.45) is 5.73 Å². The van der Waals surface area contributed by atoms with Crippen LogP contribution in [0.3, 0.4) is 0 Å². The van der Waals surface area contributed by atoms with Gasteiger partial charge in [0.15, 0.2) is 0 Å². The van der Waals surface area contributed by atoms with E-state index in [0.717, 1.165) is 31.2 Å². The Kier molecular flexibility index (Phi) is 18.6. The molecule has 2 heteroatoms. The Morgan fingerprint density at radius 2 is 0.913 bits per heavy atom. The van der Waals surface area contributed by atoms with Gasteiger partial charge in [-0.1, -0.05) is 96.5 Å². The Morgan fingerprint density at radius 1 is 0.609 bits per heavy atom. The summed E-state index contributed by atoms with van der Waals surface area (Å²) in [5, 5.41) is 0. The molecule has 0 aliphatic carbocycles. The highest BCUT2D eigenvalue weighted by molar-refractivity contribution is 5.48. The van der Waals surface area contributed by atoms with E-state index in [1.54, 1.807) is 0 Å². The van der Waals surface area contributed by atoms with Crippen LogP contribution in [0.25, 0.3) is 0 Å². The molecule has 0 saturated heterocycles. The van der Waals surface area contributed by atoms with Crippen molar-refractivity contribution < 1.29 is 4.79 Å². The van der Waals surface area contributed by atoms with Gasteiger partial charge in [-0.25, -0.2) is 0 Å². The Labute approximate surface area is 145 Å². The molecule has 2 nitrogen and oxygen atoms in total. The molecule has 0 bridgehead atoms. The SMILES string of the molecule is C=C(N)CCCCCCCCCCCCCCCCCCC=O. The van der Waals surface area contributed by atoms with Crippen LogP contribution >= 0.6 is 0 Å². The molecule has 0 aromatic carbocycles. The number of allylic oxidation sites excluding steroid dienone is 1. The van der Waals surface area contributed by atoms with E-state index in [-0.39, 0.29) is 0 Å². The zero-order chi connectivity index (χ0) is 17.0. The van der Waals surface area contributed by atoms with Crippen molar-refractivity contribution in [1.29, 1.82) is 0 Å². The summed E-state index contributed by atoms with van der Waals surface area (Å²) >= 11 is 0. The number of rotatable bonds is 19. The Morgan fingerprint density at radius 3 is 1.22 bits per heavy atom. The van der Waals surface area contributed by atoms with E-state index in [1.165, 1.54) is 96.3 Å². The Bertz CT molecular complexity index is 263. The largest absolute Gasteiger partial charge is 0.403 e. The van der Waals surface area contributed by atoms with E-state index in [4.69, 9.17) is 5.73 Å². The fraction of sp³-hybridized carbons (Fsp3) is 0.857. The van der Waals surface area contributed by atoms with Gasteiger partial charge in [-0.3, -0.25) is 0 Å². The average Bonchev–Trinajstić information content (AvgIpc) is 2.53. The number of carbonyl (C=O) groups excluding carboxylic acids is 1. The van der Waals surface area contributed by atoms with Gasteiger partial charge < -0.3 is 10.5 Å². The van der Waals surface area contributed by atoms with E-state index >= 15 is 0 Å². The topological polar surface area (TPSA) is 43.1 Å². The maximum Gasteiger partial charge on any atom is 0.119 e. The summed E-state index contributed by atoms with van der Waals surface area (Å²) in [6.45, 7) is 3.74. The predicted molar refractivity (Wildman–Crippen MR) is 102 cm³/mol. The van der Waals surface area contributed by atoms with Gasteiger partial charge in [0.2, 0.25) is 0 Å². The van der Waals surface area contributed by atoms with Gasteiger partial charge in [0.05, 0.1) is 0 Å². The number of unbranched alkanes of at least 4 members (excludes halogenated alkanes) is 16. The van der Waals surface area contributed by atoms with E-state index in [0.29, 0.717) is 0 Å². The van der Waals surface area contributed by atoms with Crippen molar-refractivity contribution in [3.05, 3.63) is 12.3 Å². The quantitative estimate of drug-likeness (QED) is 0.213. The zero-order valence-corrected chi connectivity index (χ0v) is 15.5. The van der Waals surface area contributed by atoms with Gasteiger partial charge >= 0.3 is 0 Å². The molecule has 0 spiro atoms. The van der Waals surface area contributed by atoms with Gasteiger partial charge in [0, 0.05) is 12.1 Å². The summed E-state index contributed by atoms with van der Waals surface area (Å²) in [5.74, 6) is 0. The summed E-state index contributed by atoms with van der Waals surface area (Å²) in [6, 6.07) is 0. The van der Waals surface area contributed by atoms with Gasteiger partial charge in [-0.05, 0) is 19.3 Å². The monoisotopic (exact) mass is 323 g/mol. The first kappa shape index (κ1) is 22.2. The molecule has 0 aliphatic rings. The third-order valence-electron chi connectivity index (χ3n) is 4.57. The normalized spacial score (nSPS) is 10.8. The van der Waals surface area contributed by atoms with Crippen molar-refractivity contribution in [2.45, 2.75) is 116 Å². The van der Waals surface area contributed by atoms with Crippen LogP contribution in [0.5, 0.6) is 0 Å². The first-order chi connectivity index (χ1) is 11.3. The van der Waals surface area contributed by atoms with Gasteiger partial charge in [-0.15, -0.1) is 0 Å². The molecule has 0 amide bonds. The van der Waals surface area contributed by atoms with Gasteiger partial charge in [-0.2, -0.15) is 0 Å². The van der Waals surface area contributed by atoms with Crippen LogP contribution in [-0.2, 0) is 4.79 Å². The molecule has 0 aromatic heterocycles. The molecule has 0 rings (SSSR count). The highest BCUT2D eigenvalue weighted by Crippen LogP contribution is 2.14. The number of hydrogen-bond donors (Lipinski definition) is 1. The number of nitrogens with two attached hydrogens (primary N) is 1. The number of carbonyl (C=O) groups is 1. The minimum absolute atomic E-state index is 0.753. The Hall–Kier alpha value is -0.790. The third-order valence-corrected chi connectivity index (χ3v) is 4.57. The van der Waals surface area contributed by atoms with Crippen molar-refractivity contribution in [2.75, 3.05) is 0 Å². The molecule has 0 fully saturated rings. The minimum Gasteiger partial charge on any atom is -0.403 e. The summed E-state index contributed by atoms with van der Waals surface area (Å²) in [5.41, 5.74) is 6.39. The summed E-state index contributed by atoms with van der Waals surface area (Å²) < 4.78 is 0. The van der Waals surface area contributed by atoms with Gasteiger partial charge in [0.1, 0.15) is 6.29 Å².